The topological polar surface area (TPSA) is 70.1 Å². The van der Waals surface area contributed by atoms with Crippen molar-refractivity contribution in [2.24, 2.45) is 18.9 Å². The van der Waals surface area contributed by atoms with Gasteiger partial charge in [0, 0.05) is 37.1 Å². The Morgan fingerprint density at radius 3 is 2.74 bits per heavy atom. The fraction of sp³-hybridized carbons (Fsp3) is 0.519. The third-order valence-corrected chi connectivity index (χ3v) is 8.12. The summed E-state index contributed by atoms with van der Waals surface area (Å²) in [5.74, 6) is 2.48. The van der Waals surface area contributed by atoms with Crippen molar-refractivity contribution < 1.29 is 4.79 Å². The van der Waals surface area contributed by atoms with E-state index < -0.39 is 0 Å². The number of H-pyrrole nitrogens is 1. The van der Waals surface area contributed by atoms with Crippen LogP contribution >= 0.6 is 0 Å². The molecule has 4 heterocycles. The maximum atomic E-state index is 13.4. The molecule has 2 aromatic heterocycles. The quantitative estimate of drug-likeness (QED) is 0.621. The van der Waals surface area contributed by atoms with Gasteiger partial charge in [-0.1, -0.05) is 26.0 Å². The van der Waals surface area contributed by atoms with Gasteiger partial charge in [0.2, 0.25) is 0 Å². The summed E-state index contributed by atoms with van der Waals surface area (Å²) < 4.78 is 2.04. The van der Waals surface area contributed by atoms with E-state index in [-0.39, 0.29) is 11.3 Å². The standard InChI is InChI=1S/C27H34N6O/c1-18-6-5-9-32(14-18)16-22-10-20-15-33(25(34)24(20)29-22)23-8-4-7-21(11-23)27(12-19(2)13-27)26-30-28-17-31(26)3/h4,7-8,10-11,17-19,29H,5-6,9,12-16H2,1-3H3/t18-,19?,27?/m0/s1. The molecule has 0 spiro atoms. The Labute approximate surface area is 201 Å². The molecule has 0 radical (unpaired) electrons. The van der Waals surface area contributed by atoms with Crippen molar-refractivity contribution in [3.63, 3.8) is 0 Å². The summed E-state index contributed by atoms with van der Waals surface area (Å²) in [6, 6.07) is 10.7. The Morgan fingerprint density at radius 1 is 1.18 bits per heavy atom. The zero-order chi connectivity index (χ0) is 23.4. The molecule has 1 aromatic carbocycles. The highest BCUT2D eigenvalue weighted by Gasteiger charge is 2.48. The first-order valence-corrected chi connectivity index (χ1v) is 12.6. The largest absolute Gasteiger partial charge is 0.353 e. The Balaban J connectivity index is 1.24. The zero-order valence-corrected chi connectivity index (χ0v) is 20.4. The van der Waals surface area contributed by atoms with Crippen molar-refractivity contribution in [3.05, 3.63) is 65.0 Å². The van der Waals surface area contributed by atoms with E-state index in [1.54, 1.807) is 6.33 Å². The lowest BCUT2D eigenvalue weighted by molar-refractivity contribution is 0.0992. The van der Waals surface area contributed by atoms with E-state index in [0.29, 0.717) is 12.5 Å². The number of piperidine rings is 1. The van der Waals surface area contributed by atoms with Crippen LogP contribution in [-0.2, 0) is 25.6 Å². The lowest BCUT2D eigenvalue weighted by Gasteiger charge is -2.46. The number of fused-ring (bicyclic) bond motifs is 1. The van der Waals surface area contributed by atoms with Crippen LogP contribution in [0.2, 0.25) is 0 Å². The van der Waals surface area contributed by atoms with Gasteiger partial charge in [-0.2, -0.15) is 0 Å². The van der Waals surface area contributed by atoms with Crippen LogP contribution in [0.25, 0.3) is 0 Å². The number of rotatable bonds is 5. The van der Waals surface area contributed by atoms with Crippen LogP contribution in [-0.4, -0.2) is 43.6 Å². The Hall–Kier alpha value is -2.93. The predicted octanol–water partition coefficient (Wildman–Crippen LogP) is 4.25. The van der Waals surface area contributed by atoms with Crippen LogP contribution in [0.1, 0.15) is 72.7 Å². The maximum Gasteiger partial charge on any atom is 0.275 e. The van der Waals surface area contributed by atoms with E-state index in [2.05, 4.69) is 64.3 Å². The van der Waals surface area contributed by atoms with Gasteiger partial charge in [0.05, 0.1) is 12.0 Å². The van der Waals surface area contributed by atoms with Gasteiger partial charge >= 0.3 is 0 Å². The molecule has 1 saturated carbocycles. The van der Waals surface area contributed by atoms with Crippen molar-refractivity contribution in [1.29, 1.82) is 0 Å². The van der Waals surface area contributed by atoms with E-state index in [0.717, 1.165) is 66.9 Å². The van der Waals surface area contributed by atoms with Crippen molar-refractivity contribution in [2.45, 2.75) is 58.0 Å². The molecular weight excluding hydrogens is 424 g/mol. The van der Waals surface area contributed by atoms with E-state index >= 15 is 0 Å². The van der Waals surface area contributed by atoms with E-state index in [9.17, 15) is 4.79 Å². The molecule has 34 heavy (non-hydrogen) atoms. The second kappa shape index (κ2) is 8.08. The lowest BCUT2D eigenvalue weighted by atomic mass is 9.58. The van der Waals surface area contributed by atoms with Crippen molar-refractivity contribution >= 4 is 11.6 Å². The van der Waals surface area contributed by atoms with E-state index in [1.165, 1.54) is 18.4 Å². The molecular formula is C27H34N6O. The van der Waals surface area contributed by atoms with Gasteiger partial charge in [-0.3, -0.25) is 9.69 Å². The second-order valence-electron chi connectivity index (χ2n) is 11.0. The molecule has 7 nitrogen and oxygen atoms in total. The van der Waals surface area contributed by atoms with Gasteiger partial charge in [0.1, 0.15) is 17.8 Å². The minimum Gasteiger partial charge on any atom is -0.353 e. The summed E-state index contributed by atoms with van der Waals surface area (Å²) in [5.41, 5.74) is 5.07. The summed E-state index contributed by atoms with van der Waals surface area (Å²) in [7, 11) is 2.02. The monoisotopic (exact) mass is 458 g/mol. The van der Waals surface area contributed by atoms with Crippen LogP contribution in [0, 0.1) is 11.8 Å². The number of anilines is 1. The molecule has 1 aliphatic carbocycles. The second-order valence-corrected chi connectivity index (χ2v) is 11.0. The average molecular weight is 459 g/mol. The number of carbonyl (C=O) groups is 1. The van der Waals surface area contributed by atoms with Crippen molar-refractivity contribution in [2.75, 3.05) is 18.0 Å². The normalized spacial score (nSPS) is 27.1. The van der Waals surface area contributed by atoms with Crippen molar-refractivity contribution in [3.8, 4) is 0 Å². The molecule has 3 aliphatic rings. The number of aryl methyl sites for hydroxylation is 1. The zero-order valence-electron chi connectivity index (χ0n) is 20.4. The Kier molecular flexibility index (Phi) is 5.13. The first-order chi connectivity index (χ1) is 16.4. The van der Waals surface area contributed by atoms with Gasteiger partial charge in [-0.05, 0) is 67.8 Å². The van der Waals surface area contributed by atoms with Crippen LogP contribution in [0.4, 0.5) is 5.69 Å². The highest BCUT2D eigenvalue weighted by molar-refractivity contribution is 6.09. The maximum absolute atomic E-state index is 13.4. The molecule has 1 atom stereocenters. The average Bonchev–Trinajstić information content (AvgIpc) is 3.48. The summed E-state index contributed by atoms with van der Waals surface area (Å²) >= 11 is 0. The highest BCUT2D eigenvalue weighted by atomic mass is 16.2. The van der Waals surface area contributed by atoms with Crippen LogP contribution in [0.3, 0.4) is 0 Å². The highest BCUT2D eigenvalue weighted by Crippen LogP contribution is 2.52. The first kappa shape index (κ1) is 21.6. The molecule has 0 bridgehead atoms. The van der Waals surface area contributed by atoms with E-state index in [1.807, 2.05) is 16.5 Å². The fourth-order valence-corrected chi connectivity index (χ4v) is 6.58. The lowest BCUT2D eigenvalue weighted by Crippen LogP contribution is -2.43. The fourth-order valence-electron chi connectivity index (χ4n) is 6.58. The number of aromatic nitrogens is 4. The SMILES string of the molecule is CC1CC(c2cccc(N3Cc4cc(CN5CCC[C@H](C)C5)[nH]c4C3=O)c2)(c2nncn2C)C1. The number of amides is 1. The molecule has 7 heteroatoms. The number of hydrogen-bond donors (Lipinski definition) is 1. The molecule has 178 valence electrons. The molecule has 1 amide bonds. The third-order valence-electron chi connectivity index (χ3n) is 8.12. The number of hydrogen-bond acceptors (Lipinski definition) is 4. The van der Waals surface area contributed by atoms with Crippen LogP contribution < -0.4 is 4.90 Å². The number of nitrogens with one attached hydrogen (secondary N) is 1. The summed E-state index contributed by atoms with van der Waals surface area (Å²) in [4.78, 5) is 21.3. The number of likely N-dealkylation sites (tertiary alicyclic amines) is 1. The van der Waals surface area contributed by atoms with Gasteiger partial charge in [0.15, 0.2) is 0 Å². The van der Waals surface area contributed by atoms with E-state index in [4.69, 9.17) is 0 Å². The molecule has 1 N–H and O–H groups in total. The van der Waals surface area contributed by atoms with Crippen LogP contribution in [0.5, 0.6) is 0 Å². The number of benzene rings is 1. The van der Waals surface area contributed by atoms with Gasteiger partial charge < -0.3 is 14.5 Å². The number of aromatic amines is 1. The number of nitrogens with zero attached hydrogens (tertiary/aromatic N) is 5. The smallest absolute Gasteiger partial charge is 0.275 e. The summed E-state index contributed by atoms with van der Waals surface area (Å²) in [6.45, 7) is 8.43. The molecule has 1 saturated heterocycles. The summed E-state index contributed by atoms with van der Waals surface area (Å²) in [6.07, 6.45) is 6.46. The molecule has 6 rings (SSSR count). The predicted molar refractivity (Wildman–Crippen MR) is 132 cm³/mol. The third kappa shape index (κ3) is 3.49. The number of carbonyl (C=O) groups excluding carboxylic acids is 1. The molecule has 2 fully saturated rings. The van der Waals surface area contributed by atoms with Gasteiger partial charge in [-0.15, -0.1) is 10.2 Å². The summed E-state index contributed by atoms with van der Waals surface area (Å²) in [5, 5.41) is 8.62. The minimum atomic E-state index is -0.128. The molecule has 3 aromatic rings. The molecule has 2 aliphatic heterocycles. The Bertz CT molecular complexity index is 1220. The Morgan fingerprint density at radius 2 is 2.03 bits per heavy atom. The van der Waals surface area contributed by atoms with Crippen molar-refractivity contribution in [1.82, 2.24) is 24.6 Å². The first-order valence-electron chi connectivity index (χ1n) is 12.6. The van der Waals surface area contributed by atoms with Gasteiger partial charge in [-0.25, -0.2) is 0 Å². The minimum absolute atomic E-state index is 0.0695. The van der Waals surface area contributed by atoms with Crippen LogP contribution in [0.15, 0.2) is 36.7 Å². The van der Waals surface area contributed by atoms with Gasteiger partial charge in [0.25, 0.3) is 5.91 Å². The molecule has 0 unspecified atom stereocenters.